The van der Waals surface area contributed by atoms with Crippen LogP contribution in [0.15, 0.2) is 24.3 Å². The number of likely N-dealkylation sites (tertiary alicyclic amines) is 1. The minimum Gasteiger partial charge on any atom is -0.371 e. The normalized spacial score (nSPS) is 20.3. The molecule has 0 unspecified atom stereocenters. The van der Waals surface area contributed by atoms with Crippen molar-refractivity contribution >= 4 is 11.6 Å². The minimum atomic E-state index is 0.265. The summed E-state index contributed by atoms with van der Waals surface area (Å²) in [6, 6.07) is 8.65. The van der Waals surface area contributed by atoms with Crippen molar-refractivity contribution < 1.29 is 4.79 Å². The maximum Gasteiger partial charge on any atom is 0.225 e. The van der Waals surface area contributed by atoms with Gasteiger partial charge in [0.2, 0.25) is 5.91 Å². The molecule has 1 amide bonds. The van der Waals surface area contributed by atoms with E-state index in [2.05, 4.69) is 36.1 Å². The predicted octanol–water partition coefficient (Wildman–Crippen LogP) is 2.44. The number of anilines is 1. The zero-order chi connectivity index (χ0) is 13.2. The van der Waals surface area contributed by atoms with E-state index in [4.69, 9.17) is 0 Å². The molecule has 3 rings (SSSR count). The molecule has 3 heteroatoms. The van der Waals surface area contributed by atoms with Crippen LogP contribution >= 0.6 is 0 Å². The first-order valence-electron chi connectivity index (χ1n) is 7.34. The molecule has 2 aliphatic heterocycles. The molecule has 0 N–H and O–H groups in total. The lowest BCUT2D eigenvalue weighted by molar-refractivity contribution is -0.139. The van der Waals surface area contributed by atoms with Crippen LogP contribution in [0.5, 0.6) is 0 Å². The van der Waals surface area contributed by atoms with Crippen LogP contribution < -0.4 is 4.90 Å². The van der Waals surface area contributed by atoms with Crippen LogP contribution in [0.1, 0.15) is 24.8 Å². The van der Waals surface area contributed by atoms with Gasteiger partial charge in [0.1, 0.15) is 0 Å². The number of amides is 1. The lowest BCUT2D eigenvalue weighted by atomic mass is 9.93. The summed E-state index contributed by atoms with van der Waals surface area (Å²) in [4.78, 5) is 16.6. The Balaban J connectivity index is 1.58. The molecule has 0 bridgehead atoms. The van der Waals surface area contributed by atoms with Gasteiger partial charge in [0.15, 0.2) is 0 Å². The van der Waals surface area contributed by atoms with Crippen molar-refractivity contribution in [1.29, 1.82) is 0 Å². The summed E-state index contributed by atoms with van der Waals surface area (Å²) >= 11 is 0. The van der Waals surface area contributed by atoms with Crippen LogP contribution in [0.25, 0.3) is 0 Å². The number of rotatable bonds is 2. The van der Waals surface area contributed by atoms with Crippen LogP contribution in [-0.2, 0) is 4.79 Å². The lowest BCUT2D eigenvalue weighted by Gasteiger charge is -2.38. The molecule has 0 aliphatic carbocycles. The predicted molar refractivity (Wildman–Crippen MR) is 77.3 cm³/mol. The molecular weight excluding hydrogens is 236 g/mol. The van der Waals surface area contributed by atoms with Crippen LogP contribution in [0.4, 0.5) is 5.69 Å². The fourth-order valence-corrected chi connectivity index (χ4v) is 3.00. The zero-order valence-electron chi connectivity index (χ0n) is 11.6. The maximum absolute atomic E-state index is 12.2. The van der Waals surface area contributed by atoms with E-state index in [1.165, 1.54) is 17.7 Å². The summed E-state index contributed by atoms with van der Waals surface area (Å²) < 4.78 is 0. The number of carbonyl (C=O) groups excluding carboxylic acids is 1. The van der Waals surface area contributed by atoms with Crippen LogP contribution in [0.2, 0.25) is 0 Å². The maximum atomic E-state index is 12.2. The Morgan fingerprint density at radius 3 is 2.47 bits per heavy atom. The Kier molecular flexibility index (Phi) is 3.45. The van der Waals surface area contributed by atoms with Crippen molar-refractivity contribution in [1.82, 2.24) is 4.90 Å². The standard InChI is InChI=1S/C16H22N2O/c1-13-4-2-5-15(12-13)17-10-6-14(7-11-17)16(19)18-8-3-9-18/h2,4-5,12,14H,3,6-11H2,1H3. The van der Waals surface area contributed by atoms with E-state index in [9.17, 15) is 4.79 Å². The van der Waals surface area contributed by atoms with Crippen molar-refractivity contribution in [3.05, 3.63) is 29.8 Å². The summed E-state index contributed by atoms with van der Waals surface area (Å²) in [7, 11) is 0. The van der Waals surface area contributed by atoms with Gasteiger partial charge in [-0.15, -0.1) is 0 Å². The highest BCUT2D eigenvalue weighted by Gasteiger charge is 2.30. The molecule has 102 valence electrons. The first-order valence-corrected chi connectivity index (χ1v) is 7.34. The third-order valence-corrected chi connectivity index (χ3v) is 4.38. The molecule has 2 aliphatic rings. The second-order valence-electron chi connectivity index (χ2n) is 5.78. The fraction of sp³-hybridized carbons (Fsp3) is 0.562. The van der Waals surface area contributed by atoms with E-state index >= 15 is 0 Å². The molecule has 0 spiro atoms. The molecule has 0 radical (unpaired) electrons. The molecular formula is C16H22N2O. The highest BCUT2D eigenvalue weighted by molar-refractivity contribution is 5.79. The third-order valence-electron chi connectivity index (χ3n) is 4.38. The van der Waals surface area contributed by atoms with Gasteiger partial charge in [0.05, 0.1) is 0 Å². The lowest BCUT2D eigenvalue weighted by Crippen LogP contribution is -2.48. The quantitative estimate of drug-likeness (QED) is 0.813. The Morgan fingerprint density at radius 2 is 1.89 bits per heavy atom. The molecule has 19 heavy (non-hydrogen) atoms. The van der Waals surface area contributed by atoms with E-state index in [-0.39, 0.29) is 5.92 Å². The highest BCUT2D eigenvalue weighted by atomic mass is 16.2. The average molecular weight is 258 g/mol. The summed E-state index contributed by atoms with van der Waals surface area (Å²) in [5.41, 5.74) is 2.60. The Morgan fingerprint density at radius 1 is 1.16 bits per heavy atom. The van der Waals surface area contributed by atoms with Gasteiger partial charge in [-0.05, 0) is 43.9 Å². The van der Waals surface area contributed by atoms with Crippen LogP contribution in [-0.4, -0.2) is 37.0 Å². The van der Waals surface area contributed by atoms with Gasteiger partial charge in [0.25, 0.3) is 0 Å². The molecule has 1 aromatic carbocycles. The molecule has 1 aromatic rings. The molecule has 2 saturated heterocycles. The largest absolute Gasteiger partial charge is 0.371 e. The first-order chi connectivity index (χ1) is 9.24. The van der Waals surface area contributed by atoms with Gasteiger partial charge < -0.3 is 9.80 Å². The number of aryl methyl sites for hydroxylation is 1. The average Bonchev–Trinajstić information content (AvgIpc) is 2.37. The van der Waals surface area contributed by atoms with E-state index in [1.807, 2.05) is 4.90 Å². The summed E-state index contributed by atoms with van der Waals surface area (Å²) in [6.07, 6.45) is 3.19. The topological polar surface area (TPSA) is 23.6 Å². The smallest absolute Gasteiger partial charge is 0.225 e. The Bertz CT molecular complexity index is 460. The van der Waals surface area contributed by atoms with Crippen molar-refractivity contribution in [2.24, 2.45) is 5.92 Å². The molecule has 0 atom stereocenters. The highest BCUT2D eigenvalue weighted by Crippen LogP contribution is 2.26. The van der Waals surface area contributed by atoms with Crippen molar-refractivity contribution in [3.63, 3.8) is 0 Å². The monoisotopic (exact) mass is 258 g/mol. The second-order valence-corrected chi connectivity index (χ2v) is 5.78. The number of benzene rings is 1. The van der Waals surface area contributed by atoms with Gasteiger partial charge in [-0.3, -0.25) is 4.79 Å². The number of carbonyl (C=O) groups is 1. The summed E-state index contributed by atoms with van der Waals surface area (Å²) in [6.45, 7) is 6.11. The van der Waals surface area contributed by atoms with E-state index < -0.39 is 0 Å². The van der Waals surface area contributed by atoms with Crippen molar-refractivity contribution in [2.75, 3.05) is 31.1 Å². The Labute approximate surface area is 115 Å². The van der Waals surface area contributed by atoms with Gasteiger partial charge in [0, 0.05) is 37.8 Å². The Hall–Kier alpha value is -1.51. The van der Waals surface area contributed by atoms with E-state index in [1.54, 1.807) is 0 Å². The van der Waals surface area contributed by atoms with Gasteiger partial charge in [-0.1, -0.05) is 12.1 Å². The van der Waals surface area contributed by atoms with Gasteiger partial charge in [-0.25, -0.2) is 0 Å². The van der Waals surface area contributed by atoms with Crippen molar-refractivity contribution in [2.45, 2.75) is 26.2 Å². The van der Waals surface area contributed by atoms with E-state index in [0.29, 0.717) is 5.91 Å². The van der Waals surface area contributed by atoms with Crippen LogP contribution in [0.3, 0.4) is 0 Å². The molecule has 2 heterocycles. The van der Waals surface area contributed by atoms with Crippen molar-refractivity contribution in [3.8, 4) is 0 Å². The fourth-order valence-electron chi connectivity index (χ4n) is 3.00. The summed E-state index contributed by atoms with van der Waals surface area (Å²) in [5, 5.41) is 0. The number of hydrogen-bond donors (Lipinski definition) is 0. The van der Waals surface area contributed by atoms with Gasteiger partial charge in [-0.2, -0.15) is 0 Å². The number of nitrogens with zero attached hydrogens (tertiary/aromatic N) is 2. The second kappa shape index (κ2) is 5.24. The van der Waals surface area contributed by atoms with Gasteiger partial charge >= 0.3 is 0 Å². The number of piperidine rings is 1. The number of hydrogen-bond acceptors (Lipinski definition) is 2. The molecule has 2 fully saturated rings. The first kappa shape index (κ1) is 12.5. The van der Waals surface area contributed by atoms with E-state index in [0.717, 1.165) is 39.0 Å². The third kappa shape index (κ3) is 2.60. The summed E-state index contributed by atoms with van der Waals surface area (Å²) in [5.74, 6) is 0.663. The molecule has 0 saturated carbocycles. The SMILES string of the molecule is Cc1cccc(N2CCC(C(=O)N3CCC3)CC2)c1. The molecule has 0 aromatic heterocycles. The molecule has 3 nitrogen and oxygen atoms in total. The van der Waals surface area contributed by atoms with Crippen LogP contribution in [0, 0.1) is 12.8 Å². The minimum absolute atomic E-state index is 0.265. The zero-order valence-corrected chi connectivity index (χ0v) is 11.6.